The fourth-order valence-corrected chi connectivity index (χ4v) is 3.10. The van der Waals surface area contributed by atoms with Crippen LogP contribution in [0.3, 0.4) is 0 Å². The van der Waals surface area contributed by atoms with Crippen molar-refractivity contribution in [3.63, 3.8) is 0 Å². The molecule has 0 saturated carbocycles. The number of hydrogen-bond donors (Lipinski definition) is 2. The van der Waals surface area contributed by atoms with Crippen LogP contribution in [0.1, 0.15) is 11.1 Å². The largest absolute Gasteiger partial charge is 0.506 e. The summed E-state index contributed by atoms with van der Waals surface area (Å²) in [6.07, 6.45) is 0. The summed E-state index contributed by atoms with van der Waals surface area (Å²) in [5.74, 6) is 1.19. The van der Waals surface area contributed by atoms with Gasteiger partial charge in [-0.25, -0.2) is 0 Å². The van der Waals surface area contributed by atoms with Crippen LogP contribution in [0.5, 0.6) is 5.75 Å². The van der Waals surface area contributed by atoms with Crippen LogP contribution in [0.2, 0.25) is 0 Å². The van der Waals surface area contributed by atoms with E-state index in [0.29, 0.717) is 17.9 Å². The first-order valence-electron chi connectivity index (χ1n) is 8.69. The van der Waals surface area contributed by atoms with Gasteiger partial charge in [0.2, 0.25) is 0 Å². The van der Waals surface area contributed by atoms with Crippen molar-refractivity contribution in [3.8, 4) is 11.8 Å². The lowest BCUT2D eigenvalue weighted by atomic mass is 10.1. The SMILES string of the molecule is CN=C(NCc1ccc(C#N)cc1)N1CCN(c2ccccc2O)CC1.I. The number of nitrogens with one attached hydrogen (secondary N) is 1. The highest BCUT2D eigenvalue weighted by Gasteiger charge is 2.21. The van der Waals surface area contributed by atoms with Gasteiger partial charge in [-0.2, -0.15) is 5.26 Å². The van der Waals surface area contributed by atoms with E-state index in [1.54, 1.807) is 13.1 Å². The Kier molecular flexibility index (Phi) is 7.73. The van der Waals surface area contributed by atoms with Crippen molar-refractivity contribution in [3.05, 3.63) is 59.7 Å². The Hall–Kier alpha value is -2.47. The fourth-order valence-electron chi connectivity index (χ4n) is 3.10. The van der Waals surface area contributed by atoms with Gasteiger partial charge in [-0.05, 0) is 29.8 Å². The second kappa shape index (κ2) is 10.0. The number of halogens is 1. The van der Waals surface area contributed by atoms with E-state index in [1.165, 1.54) is 0 Å². The second-order valence-corrected chi connectivity index (χ2v) is 6.17. The number of nitrogens with zero attached hydrogens (tertiary/aromatic N) is 4. The number of para-hydroxylation sites is 2. The molecule has 0 radical (unpaired) electrons. The molecule has 2 aromatic carbocycles. The Labute approximate surface area is 177 Å². The third kappa shape index (κ3) is 5.26. The third-order valence-corrected chi connectivity index (χ3v) is 4.55. The van der Waals surface area contributed by atoms with Crippen LogP contribution in [0.15, 0.2) is 53.5 Å². The highest BCUT2D eigenvalue weighted by atomic mass is 127. The molecule has 0 unspecified atom stereocenters. The van der Waals surface area contributed by atoms with Gasteiger partial charge in [0, 0.05) is 39.8 Å². The molecule has 0 aromatic heterocycles. The Morgan fingerprint density at radius 3 is 2.37 bits per heavy atom. The number of anilines is 1. The molecular formula is C20H24IN5O. The van der Waals surface area contributed by atoms with Crippen LogP contribution in [0.4, 0.5) is 5.69 Å². The van der Waals surface area contributed by atoms with Crippen molar-refractivity contribution in [2.75, 3.05) is 38.1 Å². The topological polar surface area (TPSA) is 74.9 Å². The van der Waals surface area contributed by atoms with Crippen LogP contribution in [-0.2, 0) is 6.54 Å². The van der Waals surface area contributed by atoms with Crippen molar-refractivity contribution < 1.29 is 5.11 Å². The second-order valence-electron chi connectivity index (χ2n) is 6.17. The Balaban J connectivity index is 0.00000261. The van der Waals surface area contributed by atoms with Crippen molar-refractivity contribution in [1.82, 2.24) is 10.2 Å². The van der Waals surface area contributed by atoms with Crippen molar-refractivity contribution in [1.29, 1.82) is 5.26 Å². The minimum Gasteiger partial charge on any atom is -0.506 e. The number of benzene rings is 2. The number of nitriles is 1. The van der Waals surface area contributed by atoms with Gasteiger partial charge in [-0.15, -0.1) is 24.0 Å². The number of phenolic OH excluding ortho intramolecular Hbond substituents is 1. The number of guanidine groups is 1. The van der Waals surface area contributed by atoms with E-state index in [9.17, 15) is 5.11 Å². The first-order valence-corrected chi connectivity index (χ1v) is 8.69. The van der Waals surface area contributed by atoms with Crippen LogP contribution in [0, 0.1) is 11.3 Å². The van der Waals surface area contributed by atoms with Gasteiger partial charge in [0.05, 0.1) is 17.3 Å². The predicted molar refractivity (Wildman–Crippen MR) is 119 cm³/mol. The average molecular weight is 477 g/mol. The van der Waals surface area contributed by atoms with Gasteiger partial charge in [-0.3, -0.25) is 4.99 Å². The zero-order chi connectivity index (χ0) is 18.4. The van der Waals surface area contributed by atoms with E-state index in [0.717, 1.165) is 43.4 Å². The van der Waals surface area contributed by atoms with Crippen LogP contribution < -0.4 is 10.2 Å². The van der Waals surface area contributed by atoms with Gasteiger partial charge >= 0.3 is 0 Å². The van der Waals surface area contributed by atoms with E-state index in [1.807, 2.05) is 42.5 Å². The zero-order valence-electron chi connectivity index (χ0n) is 15.3. The molecule has 6 nitrogen and oxygen atoms in total. The van der Waals surface area contributed by atoms with Crippen molar-refractivity contribution >= 4 is 35.6 Å². The summed E-state index contributed by atoms with van der Waals surface area (Å²) < 4.78 is 0. The molecule has 0 aliphatic carbocycles. The molecule has 1 fully saturated rings. The standard InChI is InChI=1S/C20H23N5O.HI/c1-22-20(23-15-17-8-6-16(14-21)7-9-17)25-12-10-24(11-13-25)18-4-2-3-5-19(18)26;/h2-9,26H,10-13,15H2,1H3,(H,22,23);1H. The number of phenols is 1. The van der Waals surface area contributed by atoms with E-state index in [2.05, 4.69) is 26.2 Å². The van der Waals surface area contributed by atoms with Gasteiger partial charge in [0.15, 0.2) is 5.96 Å². The predicted octanol–water partition coefficient (Wildman–Crippen LogP) is 2.78. The average Bonchev–Trinajstić information content (AvgIpc) is 2.70. The molecule has 3 rings (SSSR count). The molecule has 1 saturated heterocycles. The molecular weight excluding hydrogens is 453 g/mol. The number of piperazine rings is 1. The molecule has 2 aromatic rings. The number of rotatable bonds is 3. The molecule has 0 spiro atoms. The van der Waals surface area contributed by atoms with E-state index in [-0.39, 0.29) is 24.0 Å². The summed E-state index contributed by atoms with van der Waals surface area (Å²) in [6.45, 7) is 3.99. The van der Waals surface area contributed by atoms with Crippen LogP contribution >= 0.6 is 24.0 Å². The lowest BCUT2D eigenvalue weighted by molar-refractivity contribution is 0.369. The quantitative estimate of drug-likeness (QED) is 0.404. The van der Waals surface area contributed by atoms with E-state index >= 15 is 0 Å². The maximum Gasteiger partial charge on any atom is 0.194 e. The van der Waals surface area contributed by atoms with Crippen molar-refractivity contribution in [2.45, 2.75) is 6.54 Å². The van der Waals surface area contributed by atoms with Gasteiger partial charge in [-0.1, -0.05) is 24.3 Å². The molecule has 7 heteroatoms. The summed E-state index contributed by atoms with van der Waals surface area (Å²) >= 11 is 0. The number of hydrogen-bond acceptors (Lipinski definition) is 4. The Morgan fingerprint density at radius 1 is 1.11 bits per heavy atom. The molecule has 27 heavy (non-hydrogen) atoms. The van der Waals surface area contributed by atoms with Gasteiger partial charge < -0.3 is 20.2 Å². The fraction of sp³-hybridized carbons (Fsp3) is 0.300. The van der Waals surface area contributed by atoms with Crippen LogP contribution in [-0.4, -0.2) is 49.2 Å². The minimum atomic E-state index is 0. The number of aromatic hydroxyl groups is 1. The number of aliphatic imine (C=N–C) groups is 1. The van der Waals surface area contributed by atoms with Crippen molar-refractivity contribution in [2.24, 2.45) is 4.99 Å². The first kappa shape index (κ1) is 20.8. The highest BCUT2D eigenvalue weighted by Crippen LogP contribution is 2.27. The molecule has 1 heterocycles. The molecule has 0 bridgehead atoms. The smallest absolute Gasteiger partial charge is 0.194 e. The molecule has 0 atom stereocenters. The van der Waals surface area contributed by atoms with E-state index < -0.39 is 0 Å². The zero-order valence-corrected chi connectivity index (χ0v) is 17.6. The Morgan fingerprint density at radius 2 is 1.78 bits per heavy atom. The highest BCUT2D eigenvalue weighted by molar-refractivity contribution is 14.0. The first-order chi connectivity index (χ1) is 12.7. The summed E-state index contributed by atoms with van der Waals surface area (Å²) in [7, 11) is 1.79. The summed E-state index contributed by atoms with van der Waals surface area (Å²) in [4.78, 5) is 8.80. The Bertz CT molecular complexity index is 808. The molecule has 2 N–H and O–H groups in total. The lowest BCUT2D eigenvalue weighted by Crippen LogP contribution is -2.52. The summed E-state index contributed by atoms with van der Waals surface area (Å²) in [5, 5.41) is 22.3. The summed E-state index contributed by atoms with van der Waals surface area (Å²) in [6, 6.07) is 17.1. The van der Waals surface area contributed by atoms with Gasteiger partial charge in [0.25, 0.3) is 0 Å². The van der Waals surface area contributed by atoms with Crippen LogP contribution in [0.25, 0.3) is 0 Å². The molecule has 1 aliphatic heterocycles. The maximum atomic E-state index is 10.0. The van der Waals surface area contributed by atoms with E-state index in [4.69, 9.17) is 5.26 Å². The molecule has 1 aliphatic rings. The third-order valence-electron chi connectivity index (χ3n) is 4.55. The van der Waals surface area contributed by atoms with Gasteiger partial charge in [0.1, 0.15) is 5.75 Å². The molecule has 0 amide bonds. The monoisotopic (exact) mass is 477 g/mol. The minimum absolute atomic E-state index is 0. The lowest BCUT2D eigenvalue weighted by Gasteiger charge is -2.37. The normalized spacial score (nSPS) is 14.3. The summed E-state index contributed by atoms with van der Waals surface area (Å²) in [5.41, 5.74) is 2.66. The maximum absolute atomic E-state index is 10.0. The molecule has 142 valence electrons.